The van der Waals surface area contributed by atoms with Gasteiger partial charge >= 0.3 is 0 Å². The highest BCUT2D eigenvalue weighted by molar-refractivity contribution is 9.10. The highest BCUT2D eigenvalue weighted by Crippen LogP contribution is 2.16. The van der Waals surface area contributed by atoms with Crippen molar-refractivity contribution in [3.8, 4) is 5.75 Å². The molecule has 0 bridgehead atoms. The Labute approximate surface area is 112 Å². The second-order valence-corrected chi connectivity index (χ2v) is 4.34. The Morgan fingerprint density at radius 2 is 1.94 bits per heavy atom. The summed E-state index contributed by atoms with van der Waals surface area (Å²) in [5.41, 5.74) is 0.938. The van der Waals surface area contributed by atoms with Crippen LogP contribution in [0.15, 0.2) is 47.2 Å². The lowest BCUT2D eigenvalue weighted by atomic mass is 10.2. The summed E-state index contributed by atoms with van der Waals surface area (Å²) in [7, 11) is 0. The maximum Gasteiger partial charge on any atom is 0.269 e. The molecule has 1 aromatic heterocycles. The zero-order valence-corrected chi connectivity index (χ0v) is 10.8. The molecule has 0 fully saturated rings. The van der Waals surface area contributed by atoms with Gasteiger partial charge in [0.1, 0.15) is 17.0 Å². The average molecular weight is 309 g/mol. The summed E-state index contributed by atoms with van der Waals surface area (Å²) in [5, 5.41) is 10.5. The number of non-ortho nitro benzene ring substituents is 1. The van der Waals surface area contributed by atoms with E-state index >= 15 is 0 Å². The zero-order valence-electron chi connectivity index (χ0n) is 9.25. The van der Waals surface area contributed by atoms with E-state index in [4.69, 9.17) is 4.74 Å². The third-order valence-electron chi connectivity index (χ3n) is 2.25. The summed E-state index contributed by atoms with van der Waals surface area (Å²) in [4.78, 5) is 14.1. The Balaban J connectivity index is 1.97. The Bertz CT molecular complexity index is 540. The Morgan fingerprint density at radius 3 is 2.50 bits per heavy atom. The van der Waals surface area contributed by atoms with E-state index in [1.54, 1.807) is 30.5 Å². The lowest BCUT2D eigenvalue weighted by Gasteiger charge is -2.05. The first-order valence-electron chi connectivity index (χ1n) is 5.13. The molecule has 92 valence electrons. The van der Waals surface area contributed by atoms with Crippen LogP contribution in [0.1, 0.15) is 5.56 Å². The van der Waals surface area contributed by atoms with Gasteiger partial charge in [-0.1, -0.05) is 0 Å². The Hall–Kier alpha value is -1.95. The van der Waals surface area contributed by atoms with Crippen LogP contribution in [0.5, 0.6) is 5.75 Å². The molecule has 6 heteroatoms. The lowest BCUT2D eigenvalue weighted by Crippen LogP contribution is -1.96. The molecule has 18 heavy (non-hydrogen) atoms. The van der Waals surface area contributed by atoms with Crippen molar-refractivity contribution in [3.63, 3.8) is 0 Å². The van der Waals surface area contributed by atoms with Gasteiger partial charge in [-0.05, 0) is 45.8 Å². The number of nitro groups is 1. The molecule has 0 aliphatic rings. The summed E-state index contributed by atoms with van der Waals surface area (Å²) in [6, 6.07) is 9.83. The van der Waals surface area contributed by atoms with Gasteiger partial charge in [-0.15, -0.1) is 0 Å². The standard InChI is InChI=1S/C12H9BrN2O3/c13-12-6-5-11(7-14-12)18-8-9-1-3-10(4-2-9)15(16)17/h1-7H,8H2. The first-order chi connectivity index (χ1) is 8.65. The average Bonchev–Trinajstić information content (AvgIpc) is 2.38. The molecule has 0 atom stereocenters. The van der Waals surface area contributed by atoms with Gasteiger partial charge in [0.05, 0.1) is 11.1 Å². The van der Waals surface area contributed by atoms with E-state index in [2.05, 4.69) is 20.9 Å². The highest BCUT2D eigenvalue weighted by atomic mass is 79.9. The summed E-state index contributed by atoms with van der Waals surface area (Å²) in [6.07, 6.45) is 1.61. The van der Waals surface area contributed by atoms with Crippen LogP contribution in [0, 0.1) is 10.1 Å². The minimum absolute atomic E-state index is 0.0732. The van der Waals surface area contributed by atoms with Crippen LogP contribution in [-0.2, 0) is 6.61 Å². The van der Waals surface area contributed by atoms with E-state index in [0.717, 1.165) is 10.2 Å². The fraction of sp³-hybridized carbons (Fsp3) is 0.0833. The number of ether oxygens (including phenoxy) is 1. The van der Waals surface area contributed by atoms with Gasteiger partial charge in [0, 0.05) is 12.1 Å². The third kappa shape index (κ3) is 3.27. The van der Waals surface area contributed by atoms with Gasteiger partial charge in [0.25, 0.3) is 5.69 Å². The molecular weight excluding hydrogens is 300 g/mol. The van der Waals surface area contributed by atoms with Crippen molar-refractivity contribution in [1.82, 2.24) is 4.98 Å². The summed E-state index contributed by atoms with van der Waals surface area (Å²) < 4.78 is 6.24. The normalized spacial score (nSPS) is 10.1. The maximum atomic E-state index is 10.5. The van der Waals surface area contributed by atoms with Crippen LogP contribution < -0.4 is 4.74 Å². The summed E-state index contributed by atoms with van der Waals surface area (Å²) in [6.45, 7) is 0.349. The second kappa shape index (κ2) is 5.59. The minimum Gasteiger partial charge on any atom is -0.487 e. The molecular formula is C12H9BrN2O3. The molecule has 5 nitrogen and oxygen atoms in total. The second-order valence-electron chi connectivity index (χ2n) is 3.53. The smallest absolute Gasteiger partial charge is 0.269 e. The molecule has 2 aromatic rings. The predicted octanol–water partition coefficient (Wildman–Crippen LogP) is 3.33. The highest BCUT2D eigenvalue weighted by Gasteiger charge is 2.04. The fourth-order valence-corrected chi connectivity index (χ4v) is 1.56. The number of nitro benzene ring substituents is 1. The van der Waals surface area contributed by atoms with Crippen LogP contribution in [0.2, 0.25) is 0 Å². The molecule has 1 aromatic carbocycles. The van der Waals surface area contributed by atoms with Gasteiger partial charge < -0.3 is 4.74 Å². The number of nitrogens with zero attached hydrogens (tertiary/aromatic N) is 2. The first-order valence-corrected chi connectivity index (χ1v) is 5.92. The van der Waals surface area contributed by atoms with Crippen LogP contribution in [-0.4, -0.2) is 9.91 Å². The third-order valence-corrected chi connectivity index (χ3v) is 2.72. The molecule has 0 aliphatic carbocycles. The predicted molar refractivity (Wildman–Crippen MR) is 69.4 cm³/mol. The van der Waals surface area contributed by atoms with E-state index in [1.807, 2.05) is 0 Å². The molecule has 2 rings (SSSR count). The van der Waals surface area contributed by atoms with E-state index in [1.165, 1.54) is 12.1 Å². The van der Waals surface area contributed by atoms with E-state index < -0.39 is 4.92 Å². The van der Waals surface area contributed by atoms with Gasteiger partial charge in [0.2, 0.25) is 0 Å². The van der Waals surface area contributed by atoms with Crippen molar-refractivity contribution in [1.29, 1.82) is 0 Å². The van der Waals surface area contributed by atoms with Gasteiger partial charge in [-0.3, -0.25) is 10.1 Å². The molecule has 0 amide bonds. The molecule has 0 saturated carbocycles. The lowest BCUT2D eigenvalue weighted by molar-refractivity contribution is -0.384. The SMILES string of the molecule is O=[N+]([O-])c1ccc(COc2ccc(Br)nc2)cc1. The summed E-state index contributed by atoms with van der Waals surface area (Å²) in [5.74, 6) is 0.650. The largest absolute Gasteiger partial charge is 0.487 e. The molecule has 1 heterocycles. The van der Waals surface area contributed by atoms with Crippen molar-refractivity contribution in [2.24, 2.45) is 0 Å². The van der Waals surface area contributed by atoms with Crippen LogP contribution in [0.3, 0.4) is 0 Å². The van der Waals surface area contributed by atoms with Crippen molar-refractivity contribution in [2.45, 2.75) is 6.61 Å². The quantitative estimate of drug-likeness (QED) is 0.493. The number of pyridine rings is 1. The van der Waals surface area contributed by atoms with Crippen LogP contribution in [0.25, 0.3) is 0 Å². The topological polar surface area (TPSA) is 65.3 Å². The molecule has 0 radical (unpaired) electrons. The molecule has 0 N–H and O–H groups in total. The first kappa shape index (κ1) is 12.5. The van der Waals surface area contributed by atoms with Gasteiger partial charge in [-0.25, -0.2) is 4.98 Å². The van der Waals surface area contributed by atoms with Gasteiger partial charge in [0.15, 0.2) is 0 Å². The van der Waals surface area contributed by atoms with E-state index in [-0.39, 0.29) is 5.69 Å². The van der Waals surface area contributed by atoms with Crippen LogP contribution in [0.4, 0.5) is 5.69 Å². The van der Waals surface area contributed by atoms with Crippen molar-refractivity contribution < 1.29 is 9.66 Å². The number of benzene rings is 1. The van der Waals surface area contributed by atoms with Crippen molar-refractivity contribution in [3.05, 3.63) is 62.9 Å². The maximum absolute atomic E-state index is 10.5. The van der Waals surface area contributed by atoms with Crippen LogP contribution >= 0.6 is 15.9 Å². The summed E-state index contributed by atoms with van der Waals surface area (Å²) >= 11 is 3.23. The fourth-order valence-electron chi connectivity index (χ4n) is 1.33. The van der Waals surface area contributed by atoms with Crippen molar-refractivity contribution in [2.75, 3.05) is 0 Å². The number of aromatic nitrogens is 1. The monoisotopic (exact) mass is 308 g/mol. The number of hydrogen-bond donors (Lipinski definition) is 0. The van der Waals surface area contributed by atoms with Gasteiger partial charge in [-0.2, -0.15) is 0 Å². The number of halogens is 1. The molecule has 0 saturated heterocycles. The minimum atomic E-state index is -0.427. The number of rotatable bonds is 4. The van der Waals surface area contributed by atoms with E-state index in [9.17, 15) is 10.1 Å². The molecule has 0 spiro atoms. The van der Waals surface area contributed by atoms with E-state index in [0.29, 0.717) is 12.4 Å². The zero-order chi connectivity index (χ0) is 13.0. The van der Waals surface area contributed by atoms with Crippen molar-refractivity contribution >= 4 is 21.6 Å². The number of hydrogen-bond acceptors (Lipinski definition) is 4. The Morgan fingerprint density at radius 1 is 1.22 bits per heavy atom. The Kier molecular flexibility index (Phi) is 3.88. The molecule has 0 aliphatic heterocycles. The molecule has 0 unspecified atom stereocenters.